The number of fused-ring (bicyclic) bond motifs is 6. The van der Waals surface area contributed by atoms with Crippen LogP contribution in [0, 0.1) is 0 Å². The Labute approximate surface area is 353 Å². The molecule has 0 fully saturated rings. The van der Waals surface area contributed by atoms with Crippen LogP contribution in [0.4, 0.5) is 34.1 Å². The van der Waals surface area contributed by atoms with E-state index in [2.05, 4.69) is 254 Å². The zero-order valence-electron chi connectivity index (χ0n) is 33.8. The smallest absolute Gasteiger partial charge is 0.0714 e. The van der Waals surface area contributed by atoms with Gasteiger partial charge in [0.2, 0.25) is 0 Å². The minimum atomic E-state index is -0.500. The van der Waals surface area contributed by atoms with Crippen LogP contribution >= 0.6 is 0 Å². The standard InChI is InChI=1S/C58H44N2/c1-57(2)53-33-15-12-30-49(53)52-37-36-48(40-56(52)57)60(44-25-10-5-11-26-44)47-29-19-28-46(39-47)59(43-23-8-4-9-24-43)45-27-18-22-42(38-45)58(41-20-6-3-7-21-41)54-34-16-13-31-50(54)51-32-14-17-35-55(51)58/h3-40H,1-2H3. The highest BCUT2D eigenvalue weighted by Gasteiger charge is 2.46. The molecule has 9 aromatic carbocycles. The second kappa shape index (κ2) is 14.1. The van der Waals surface area contributed by atoms with Crippen molar-refractivity contribution in [3.05, 3.63) is 264 Å². The summed E-state index contributed by atoms with van der Waals surface area (Å²) >= 11 is 0. The van der Waals surface area contributed by atoms with E-state index in [0.29, 0.717) is 0 Å². The van der Waals surface area contributed by atoms with Gasteiger partial charge in [-0.15, -0.1) is 0 Å². The average Bonchev–Trinajstić information content (AvgIpc) is 3.74. The molecule has 0 radical (unpaired) electrons. The topological polar surface area (TPSA) is 6.48 Å². The Kier molecular flexibility index (Phi) is 8.42. The molecule has 0 spiro atoms. The Morgan fingerprint density at radius 1 is 0.267 bits per heavy atom. The maximum atomic E-state index is 2.42. The number of hydrogen-bond donors (Lipinski definition) is 0. The van der Waals surface area contributed by atoms with Crippen LogP contribution < -0.4 is 9.80 Å². The van der Waals surface area contributed by atoms with Crippen molar-refractivity contribution in [2.45, 2.75) is 24.7 Å². The van der Waals surface area contributed by atoms with Crippen LogP contribution in [-0.4, -0.2) is 0 Å². The maximum absolute atomic E-state index is 2.42. The van der Waals surface area contributed by atoms with Gasteiger partial charge < -0.3 is 9.80 Å². The predicted molar refractivity (Wildman–Crippen MR) is 251 cm³/mol. The van der Waals surface area contributed by atoms with Crippen LogP contribution in [0.5, 0.6) is 0 Å². The zero-order chi connectivity index (χ0) is 40.3. The van der Waals surface area contributed by atoms with Gasteiger partial charge in [-0.3, -0.25) is 0 Å². The van der Waals surface area contributed by atoms with E-state index in [4.69, 9.17) is 0 Å². The molecule has 0 aliphatic heterocycles. The van der Waals surface area contributed by atoms with Gasteiger partial charge in [-0.05, 0) is 122 Å². The Hall–Kier alpha value is -7.42. The minimum absolute atomic E-state index is 0.112. The van der Waals surface area contributed by atoms with Crippen molar-refractivity contribution >= 4 is 34.1 Å². The molecule has 2 aliphatic carbocycles. The molecule has 0 saturated heterocycles. The first-order chi connectivity index (χ1) is 29.5. The zero-order valence-corrected chi connectivity index (χ0v) is 33.8. The van der Waals surface area contributed by atoms with Crippen molar-refractivity contribution in [1.82, 2.24) is 0 Å². The molecule has 0 atom stereocenters. The lowest BCUT2D eigenvalue weighted by atomic mass is 9.67. The van der Waals surface area contributed by atoms with Crippen LogP contribution in [0.25, 0.3) is 22.3 Å². The molecule has 286 valence electrons. The second-order valence-electron chi connectivity index (χ2n) is 16.5. The Morgan fingerprint density at radius 2 is 0.650 bits per heavy atom. The lowest BCUT2D eigenvalue weighted by Gasteiger charge is -2.35. The third kappa shape index (κ3) is 5.48. The van der Waals surface area contributed by atoms with E-state index in [9.17, 15) is 0 Å². The molecule has 0 bridgehead atoms. The van der Waals surface area contributed by atoms with Gasteiger partial charge in [0.15, 0.2) is 0 Å². The highest BCUT2D eigenvalue weighted by Crippen LogP contribution is 2.57. The van der Waals surface area contributed by atoms with Crippen LogP contribution in [0.2, 0.25) is 0 Å². The summed E-state index contributed by atoms with van der Waals surface area (Å²) in [5.41, 5.74) is 19.0. The summed E-state index contributed by atoms with van der Waals surface area (Å²) in [7, 11) is 0. The molecule has 2 heteroatoms. The van der Waals surface area contributed by atoms with Crippen LogP contribution in [-0.2, 0) is 10.8 Å². The number of benzene rings is 9. The van der Waals surface area contributed by atoms with Gasteiger partial charge >= 0.3 is 0 Å². The van der Waals surface area contributed by atoms with Gasteiger partial charge in [-0.25, -0.2) is 0 Å². The number of nitrogens with zero attached hydrogens (tertiary/aromatic N) is 2. The highest BCUT2D eigenvalue weighted by atomic mass is 15.2. The van der Waals surface area contributed by atoms with Crippen molar-refractivity contribution in [2.24, 2.45) is 0 Å². The third-order valence-electron chi connectivity index (χ3n) is 12.9. The first-order valence-corrected chi connectivity index (χ1v) is 20.9. The van der Waals surface area contributed by atoms with Crippen molar-refractivity contribution in [1.29, 1.82) is 0 Å². The first-order valence-electron chi connectivity index (χ1n) is 20.9. The summed E-state index contributed by atoms with van der Waals surface area (Å²) in [6.45, 7) is 4.71. The maximum Gasteiger partial charge on any atom is 0.0714 e. The molecule has 2 nitrogen and oxygen atoms in total. The molecule has 0 N–H and O–H groups in total. The van der Waals surface area contributed by atoms with E-state index >= 15 is 0 Å². The Morgan fingerprint density at radius 3 is 1.22 bits per heavy atom. The third-order valence-corrected chi connectivity index (χ3v) is 12.9. The van der Waals surface area contributed by atoms with Gasteiger partial charge in [0.25, 0.3) is 0 Å². The molecule has 2 aliphatic rings. The number of hydrogen-bond acceptors (Lipinski definition) is 2. The fraction of sp³-hybridized carbons (Fsp3) is 0.0690. The highest BCUT2D eigenvalue weighted by molar-refractivity contribution is 5.89. The van der Waals surface area contributed by atoms with E-state index in [1.165, 1.54) is 55.6 Å². The molecule has 0 amide bonds. The summed E-state index contributed by atoms with van der Waals surface area (Å²) in [5.74, 6) is 0. The number of para-hydroxylation sites is 2. The Bertz CT molecular complexity index is 2980. The van der Waals surface area contributed by atoms with Crippen molar-refractivity contribution in [3.63, 3.8) is 0 Å². The van der Waals surface area contributed by atoms with Gasteiger partial charge in [0.05, 0.1) is 5.41 Å². The van der Waals surface area contributed by atoms with E-state index < -0.39 is 5.41 Å². The van der Waals surface area contributed by atoms with E-state index in [1.54, 1.807) is 0 Å². The minimum Gasteiger partial charge on any atom is -0.310 e. The van der Waals surface area contributed by atoms with E-state index in [0.717, 1.165) is 34.1 Å². The second-order valence-corrected chi connectivity index (χ2v) is 16.5. The first kappa shape index (κ1) is 35.7. The number of rotatable bonds is 8. The van der Waals surface area contributed by atoms with Crippen LogP contribution in [0.1, 0.15) is 47.2 Å². The summed E-state index contributed by atoms with van der Waals surface area (Å²) in [6.07, 6.45) is 0. The largest absolute Gasteiger partial charge is 0.310 e. The molecular weight excluding hydrogens is 725 g/mol. The van der Waals surface area contributed by atoms with Gasteiger partial charge in [-0.1, -0.05) is 178 Å². The molecule has 60 heavy (non-hydrogen) atoms. The van der Waals surface area contributed by atoms with Crippen molar-refractivity contribution in [2.75, 3.05) is 9.80 Å². The summed E-state index contributed by atoms with van der Waals surface area (Å²) in [6, 6.07) is 84.6. The molecule has 0 saturated carbocycles. The van der Waals surface area contributed by atoms with Gasteiger partial charge in [0, 0.05) is 39.5 Å². The van der Waals surface area contributed by atoms with E-state index in [-0.39, 0.29) is 5.41 Å². The Balaban J connectivity index is 1.09. The number of anilines is 6. The lowest BCUT2D eigenvalue weighted by Crippen LogP contribution is -2.28. The molecule has 11 rings (SSSR count). The van der Waals surface area contributed by atoms with Gasteiger partial charge in [0.1, 0.15) is 0 Å². The summed E-state index contributed by atoms with van der Waals surface area (Å²) < 4.78 is 0. The van der Waals surface area contributed by atoms with Crippen LogP contribution in [0.15, 0.2) is 231 Å². The molecule has 0 heterocycles. The summed E-state index contributed by atoms with van der Waals surface area (Å²) in [4.78, 5) is 4.81. The summed E-state index contributed by atoms with van der Waals surface area (Å²) in [5, 5.41) is 0. The van der Waals surface area contributed by atoms with Gasteiger partial charge in [-0.2, -0.15) is 0 Å². The fourth-order valence-corrected chi connectivity index (χ4v) is 10.2. The predicted octanol–water partition coefficient (Wildman–Crippen LogP) is 15.3. The van der Waals surface area contributed by atoms with Crippen molar-refractivity contribution < 1.29 is 0 Å². The normalized spacial score (nSPS) is 13.8. The lowest BCUT2D eigenvalue weighted by molar-refractivity contribution is 0.660. The molecule has 0 unspecified atom stereocenters. The quantitative estimate of drug-likeness (QED) is 0.152. The monoisotopic (exact) mass is 768 g/mol. The molecular formula is C58H44N2. The SMILES string of the molecule is CC1(C)c2ccccc2-c2ccc(N(c3ccccc3)c3cccc(N(c4ccccc4)c4cccc(C5(c6ccccc6)c6ccccc6-c6ccccc65)c4)c3)cc21. The fourth-order valence-electron chi connectivity index (χ4n) is 10.2. The van der Waals surface area contributed by atoms with Crippen LogP contribution in [0.3, 0.4) is 0 Å². The van der Waals surface area contributed by atoms with Crippen molar-refractivity contribution in [3.8, 4) is 22.3 Å². The van der Waals surface area contributed by atoms with E-state index in [1.807, 2.05) is 0 Å². The molecule has 0 aromatic heterocycles. The molecule has 9 aromatic rings. The average molecular weight is 769 g/mol.